The Morgan fingerprint density at radius 1 is 1.03 bits per heavy atom. The third-order valence-electron chi connectivity index (χ3n) is 6.33. The van der Waals surface area contributed by atoms with Crippen molar-refractivity contribution in [1.29, 1.82) is 0 Å². The first kappa shape index (κ1) is 24.6. The van der Waals surface area contributed by atoms with Crippen molar-refractivity contribution in [2.75, 3.05) is 30.2 Å². The highest BCUT2D eigenvalue weighted by Gasteiger charge is 2.53. The molecule has 1 heterocycles. The number of hydrogen-bond donors (Lipinski definition) is 1. The number of quaternary nitrogens is 1. The predicted octanol–water partition coefficient (Wildman–Crippen LogP) is 5.64. The lowest BCUT2D eigenvalue weighted by Crippen LogP contribution is -2.72. The lowest BCUT2D eigenvalue weighted by molar-refractivity contribution is -0.982. The lowest BCUT2D eigenvalue weighted by atomic mass is 9.88. The Balaban J connectivity index is 1.76. The summed E-state index contributed by atoms with van der Waals surface area (Å²) in [4.78, 5) is 0. The summed E-state index contributed by atoms with van der Waals surface area (Å²) in [7, 11) is -3.57. The second kappa shape index (κ2) is 9.62. The third-order valence-corrected chi connectivity index (χ3v) is 8.06. The molecule has 0 spiro atoms. The van der Waals surface area contributed by atoms with Crippen molar-refractivity contribution in [2.24, 2.45) is 0 Å². The maximum atomic E-state index is 12.8. The van der Waals surface area contributed by atoms with Crippen molar-refractivity contribution >= 4 is 38.9 Å². The van der Waals surface area contributed by atoms with Crippen LogP contribution in [0.2, 0.25) is 10.0 Å². The molecule has 1 fully saturated rings. The Kier molecular flexibility index (Phi) is 6.97. The summed E-state index contributed by atoms with van der Waals surface area (Å²) in [5, 5.41) is 11.3. The van der Waals surface area contributed by atoms with Crippen LogP contribution in [0.3, 0.4) is 0 Å². The summed E-state index contributed by atoms with van der Waals surface area (Å²) >= 11 is 12.3. The van der Waals surface area contributed by atoms with E-state index in [0.29, 0.717) is 39.8 Å². The molecule has 4 rings (SSSR count). The summed E-state index contributed by atoms with van der Waals surface area (Å²) in [5.74, 6) is 0.0255. The van der Waals surface area contributed by atoms with Crippen LogP contribution in [0.25, 0.3) is 0 Å². The first-order valence-electron chi connectivity index (χ1n) is 10.9. The van der Waals surface area contributed by atoms with Crippen molar-refractivity contribution in [3.05, 3.63) is 107 Å². The van der Waals surface area contributed by atoms with Gasteiger partial charge in [-0.15, -0.1) is 0 Å². The Hall–Kier alpha value is -2.51. The fourth-order valence-electron chi connectivity index (χ4n) is 5.07. The zero-order chi connectivity index (χ0) is 24.5. The maximum absolute atomic E-state index is 12.8. The highest BCUT2D eigenvalue weighted by Crippen LogP contribution is 2.43. The number of anilines is 1. The number of benzene rings is 3. The van der Waals surface area contributed by atoms with E-state index in [4.69, 9.17) is 23.2 Å². The molecule has 1 N–H and O–H groups in total. The van der Waals surface area contributed by atoms with Gasteiger partial charge in [0.15, 0.2) is 0 Å². The van der Waals surface area contributed by atoms with Gasteiger partial charge in [-0.2, -0.15) is 0 Å². The molecule has 0 saturated carbocycles. The number of hydrogen-bond acceptors (Lipinski definition) is 3. The topological polar surface area (TPSA) is 57.6 Å². The number of nitrogens with zero attached hydrogens (tertiary/aromatic N) is 2. The summed E-state index contributed by atoms with van der Waals surface area (Å²) in [6, 6.07) is 21.6. The number of phenols is 1. The van der Waals surface area contributed by atoms with E-state index in [0.717, 1.165) is 11.1 Å². The van der Waals surface area contributed by atoms with Gasteiger partial charge in [-0.25, -0.2) is 8.42 Å². The number of rotatable bonds is 8. The van der Waals surface area contributed by atoms with Crippen molar-refractivity contribution < 1.29 is 18.0 Å². The SMILES string of the molecule is C=CC[N+]1(C(c2ccc(Cl)cc2)c2ccc(Cl)cc2)CC(N(c2cccc(O)c2)S(C)(=O)=O)C1. The number of phenolic OH excluding ortho intramolecular Hbond substituents is 1. The summed E-state index contributed by atoms with van der Waals surface area (Å²) in [5.41, 5.74) is 2.61. The Morgan fingerprint density at radius 3 is 2.00 bits per heavy atom. The van der Waals surface area contributed by atoms with Crippen LogP contribution in [0, 0.1) is 0 Å². The largest absolute Gasteiger partial charge is 0.508 e. The standard InChI is InChI=1S/C26H26Cl2N2O3S/c1-3-15-30(17-24(18-30)29(34(2,32)33)23-5-4-6-25(31)16-23)26(19-7-11-21(27)12-8-19)20-9-13-22(28)14-10-20/h3-14,16,24,26H,1,15,17-18H2,2H3/p+1. The van der Waals surface area contributed by atoms with E-state index in [9.17, 15) is 13.5 Å². The van der Waals surface area contributed by atoms with E-state index < -0.39 is 10.0 Å². The van der Waals surface area contributed by atoms with Gasteiger partial charge in [0.1, 0.15) is 30.9 Å². The molecule has 178 valence electrons. The Morgan fingerprint density at radius 2 is 1.56 bits per heavy atom. The van der Waals surface area contributed by atoms with Gasteiger partial charge in [0.05, 0.1) is 18.5 Å². The van der Waals surface area contributed by atoms with Crippen molar-refractivity contribution in [3.8, 4) is 5.75 Å². The fourth-order valence-corrected chi connectivity index (χ4v) is 6.50. The van der Waals surface area contributed by atoms with Crippen LogP contribution >= 0.6 is 23.2 Å². The second-order valence-corrected chi connectivity index (χ2v) is 11.5. The molecule has 5 nitrogen and oxygen atoms in total. The van der Waals surface area contributed by atoms with Crippen LogP contribution in [-0.2, 0) is 10.0 Å². The fraction of sp³-hybridized carbons (Fsp3) is 0.231. The molecule has 1 aliphatic rings. The van der Waals surface area contributed by atoms with Gasteiger partial charge in [-0.05, 0) is 42.5 Å². The van der Waals surface area contributed by atoms with Crippen LogP contribution in [0.15, 0.2) is 85.5 Å². The molecule has 3 aromatic rings. The Labute approximate surface area is 211 Å². The number of aromatic hydroxyl groups is 1. The summed E-state index contributed by atoms with van der Waals surface area (Å²) in [6.45, 7) is 5.80. The van der Waals surface area contributed by atoms with Gasteiger partial charge in [-0.1, -0.05) is 60.1 Å². The molecule has 34 heavy (non-hydrogen) atoms. The van der Waals surface area contributed by atoms with Gasteiger partial charge < -0.3 is 9.59 Å². The molecule has 0 atom stereocenters. The highest BCUT2D eigenvalue weighted by molar-refractivity contribution is 7.92. The van der Waals surface area contributed by atoms with Crippen LogP contribution in [0.5, 0.6) is 5.75 Å². The van der Waals surface area contributed by atoms with Gasteiger partial charge in [0.25, 0.3) is 0 Å². The van der Waals surface area contributed by atoms with E-state index in [1.54, 1.807) is 12.1 Å². The van der Waals surface area contributed by atoms with Crippen molar-refractivity contribution in [3.63, 3.8) is 0 Å². The molecule has 0 amide bonds. The predicted molar refractivity (Wildman–Crippen MR) is 139 cm³/mol. The first-order chi connectivity index (χ1) is 16.1. The molecular weight excluding hydrogens is 491 g/mol. The van der Waals surface area contributed by atoms with Gasteiger partial charge in [0.2, 0.25) is 10.0 Å². The van der Waals surface area contributed by atoms with Crippen molar-refractivity contribution in [2.45, 2.75) is 12.1 Å². The molecule has 0 radical (unpaired) electrons. The minimum atomic E-state index is -3.57. The Bertz CT molecular complexity index is 1230. The third kappa shape index (κ3) is 4.96. The van der Waals surface area contributed by atoms with E-state index >= 15 is 0 Å². The number of likely N-dealkylation sites (tertiary alicyclic amines) is 1. The molecule has 1 saturated heterocycles. The van der Waals surface area contributed by atoms with Gasteiger partial charge >= 0.3 is 0 Å². The zero-order valence-electron chi connectivity index (χ0n) is 18.8. The molecular formula is C26H27Cl2N2O3S+. The van der Waals surface area contributed by atoms with Gasteiger partial charge in [0, 0.05) is 27.2 Å². The zero-order valence-corrected chi connectivity index (χ0v) is 21.1. The summed E-state index contributed by atoms with van der Waals surface area (Å²) < 4.78 is 27.7. The normalized spacial score (nSPS) is 20.1. The minimum Gasteiger partial charge on any atom is -0.508 e. The van der Waals surface area contributed by atoms with Crippen LogP contribution in [0.4, 0.5) is 5.69 Å². The molecule has 0 unspecified atom stereocenters. The quantitative estimate of drug-likeness (QED) is 0.310. The average Bonchev–Trinajstić information content (AvgIpc) is 2.74. The molecule has 0 bridgehead atoms. The molecule has 1 aliphatic heterocycles. The van der Waals surface area contributed by atoms with E-state index in [1.165, 1.54) is 22.7 Å². The number of sulfonamides is 1. The van der Waals surface area contributed by atoms with E-state index in [2.05, 4.69) is 6.58 Å². The molecule has 0 aliphatic carbocycles. The first-order valence-corrected chi connectivity index (χ1v) is 13.5. The minimum absolute atomic E-state index is 0.0255. The van der Waals surface area contributed by atoms with Crippen molar-refractivity contribution in [1.82, 2.24) is 0 Å². The summed E-state index contributed by atoms with van der Waals surface area (Å²) in [6.07, 6.45) is 3.08. The monoisotopic (exact) mass is 517 g/mol. The maximum Gasteiger partial charge on any atom is 0.232 e. The van der Waals surface area contributed by atoms with E-state index in [1.807, 2.05) is 54.6 Å². The second-order valence-electron chi connectivity index (χ2n) is 8.79. The van der Waals surface area contributed by atoms with Crippen LogP contribution < -0.4 is 4.31 Å². The molecule has 0 aromatic heterocycles. The molecule has 3 aromatic carbocycles. The average molecular weight is 518 g/mol. The lowest BCUT2D eigenvalue weighted by Gasteiger charge is -2.56. The molecule has 8 heteroatoms. The number of halogens is 2. The highest BCUT2D eigenvalue weighted by atomic mass is 35.5. The van der Waals surface area contributed by atoms with Crippen LogP contribution in [0.1, 0.15) is 17.2 Å². The van der Waals surface area contributed by atoms with Crippen LogP contribution in [-0.4, -0.2) is 49.9 Å². The van der Waals surface area contributed by atoms with E-state index in [-0.39, 0.29) is 17.8 Å². The smallest absolute Gasteiger partial charge is 0.232 e. The van der Waals surface area contributed by atoms with Gasteiger partial charge in [-0.3, -0.25) is 4.31 Å².